The Labute approximate surface area is 143 Å². The van der Waals surface area contributed by atoms with E-state index in [2.05, 4.69) is 10.3 Å². The van der Waals surface area contributed by atoms with Gasteiger partial charge in [0.05, 0.1) is 7.11 Å². The predicted molar refractivity (Wildman–Crippen MR) is 87.0 cm³/mol. The molecule has 1 N–H and O–H groups in total. The van der Waals surface area contributed by atoms with Gasteiger partial charge >= 0.3 is 0 Å². The number of aromatic nitrogens is 1. The second-order valence-corrected chi connectivity index (χ2v) is 5.56. The number of nitriles is 2. The Morgan fingerprint density at radius 3 is 2.52 bits per heavy atom. The lowest BCUT2D eigenvalue weighted by molar-refractivity contribution is -0.117. The summed E-state index contributed by atoms with van der Waals surface area (Å²) in [7, 11) is 1.31. The van der Waals surface area contributed by atoms with Gasteiger partial charge in [0.1, 0.15) is 29.1 Å². The number of nitrogens with zero attached hydrogens (tertiary/aromatic N) is 3. The molecule has 25 heavy (non-hydrogen) atoms. The molecule has 124 valence electrons. The first kappa shape index (κ1) is 16.4. The number of rotatable bonds is 4. The molecule has 6 nitrogen and oxygen atoms in total. The topological polar surface area (TPSA) is 98.8 Å². The van der Waals surface area contributed by atoms with Crippen molar-refractivity contribution in [1.29, 1.82) is 10.5 Å². The summed E-state index contributed by atoms with van der Waals surface area (Å²) in [6.07, 6.45) is 1.56. The van der Waals surface area contributed by atoms with Crippen molar-refractivity contribution >= 4 is 11.7 Å². The third-order valence-electron chi connectivity index (χ3n) is 3.91. The summed E-state index contributed by atoms with van der Waals surface area (Å²) in [4.78, 5) is 16.1. The number of ether oxygens (including phenoxy) is 1. The van der Waals surface area contributed by atoms with E-state index in [0.29, 0.717) is 0 Å². The molecule has 0 radical (unpaired) electrons. The Balaban J connectivity index is 2.27. The van der Waals surface area contributed by atoms with Crippen LogP contribution in [0, 0.1) is 34.4 Å². The number of carbonyl (C=O) groups excluding carboxylic acids is 1. The molecule has 0 aliphatic heterocycles. The van der Waals surface area contributed by atoms with Crippen LogP contribution in [0.25, 0.3) is 11.1 Å². The molecule has 0 atom stereocenters. The van der Waals surface area contributed by atoms with Crippen LogP contribution < -0.4 is 10.1 Å². The lowest BCUT2D eigenvalue weighted by Gasteiger charge is -2.15. The van der Waals surface area contributed by atoms with Crippen LogP contribution in [0.4, 0.5) is 10.2 Å². The van der Waals surface area contributed by atoms with Crippen LogP contribution in [0.2, 0.25) is 0 Å². The van der Waals surface area contributed by atoms with Crippen molar-refractivity contribution in [3.63, 3.8) is 0 Å². The van der Waals surface area contributed by atoms with Gasteiger partial charge in [-0.2, -0.15) is 15.5 Å². The van der Waals surface area contributed by atoms with Gasteiger partial charge in [-0.25, -0.2) is 4.39 Å². The zero-order valence-corrected chi connectivity index (χ0v) is 13.3. The fraction of sp³-hybridized carbons (Fsp3) is 0.222. The summed E-state index contributed by atoms with van der Waals surface area (Å²) in [6, 6.07) is 9.63. The first-order chi connectivity index (χ1) is 12.1. The van der Waals surface area contributed by atoms with Crippen molar-refractivity contribution in [2.24, 2.45) is 5.92 Å². The molecule has 1 heterocycles. The molecule has 1 saturated carbocycles. The summed E-state index contributed by atoms with van der Waals surface area (Å²) in [5.74, 6) is -1.07. The van der Waals surface area contributed by atoms with Gasteiger partial charge in [-0.3, -0.25) is 4.79 Å². The van der Waals surface area contributed by atoms with Gasteiger partial charge in [-0.1, -0.05) is 18.2 Å². The molecular weight excluding hydrogens is 323 g/mol. The average Bonchev–Trinajstić information content (AvgIpc) is 3.46. The number of carbonyl (C=O) groups is 1. The molecule has 0 bridgehead atoms. The number of hydrogen-bond donors (Lipinski definition) is 1. The molecule has 3 rings (SSSR count). The van der Waals surface area contributed by atoms with Gasteiger partial charge < -0.3 is 10.1 Å². The number of hydrogen-bond acceptors (Lipinski definition) is 5. The molecule has 0 spiro atoms. The average molecular weight is 336 g/mol. The van der Waals surface area contributed by atoms with E-state index in [4.69, 9.17) is 4.74 Å². The predicted octanol–water partition coefficient (Wildman–Crippen LogP) is 2.99. The zero-order valence-electron chi connectivity index (χ0n) is 13.3. The fourth-order valence-corrected chi connectivity index (χ4v) is 2.51. The molecule has 0 saturated heterocycles. The summed E-state index contributed by atoms with van der Waals surface area (Å²) in [6.45, 7) is 0. The first-order valence-electron chi connectivity index (χ1n) is 7.58. The van der Waals surface area contributed by atoms with Crippen LogP contribution in [0.15, 0.2) is 24.3 Å². The molecule has 1 fully saturated rings. The normalized spacial score (nSPS) is 12.8. The number of anilines is 1. The minimum absolute atomic E-state index is 0.0338. The smallest absolute Gasteiger partial charge is 0.234 e. The van der Waals surface area contributed by atoms with Crippen molar-refractivity contribution in [3.8, 4) is 29.1 Å². The van der Waals surface area contributed by atoms with Gasteiger partial charge in [0, 0.05) is 17.0 Å². The first-order valence-corrected chi connectivity index (χ1v) is 7.58. The Hall–Kier alpha value is -3.45. The summed E-state index contributed by atoms with van der Waals surface area (Å²) >= 11 is 0. The van der Waals surface area contributed by atoms with E-state index >= 15 is 0 Å². The van der Waals surface area contributed by atoms with Crippen LogP contribution in [-0.4, -0.2) is 18.0 Å². The highest BCUT2D eigenvalue weighted by Crippen LogP contribution is 2.38. The second kappa shape index (κ2) is 6.58. The Morgan fingerprint density at radius 2 is 1.96 bits per heavy atom. The molecule has 1 aliphatic rings. The number of benzene rings is 1. The fourth-order valence-electron chi connectivity index (χ4n) is 2.51. The van der Waals surface area contributed by atoms with Gasteiger partial charge in [0.25, 0.3) is 0 Å². The SMILES string of the molecule is COc1nc(NC(=O)C2CC2)c(C#N)c(-c2ccccc2F)c1C#N. The highest BCUT2D eigenvalue weighted by atomic mass is 19.1. The highest BCUT2D eigenvalue weighted by Gasteiger charge is 2.32. The third kappa shape index (κ3) is 3.00. The van der Waals surface area contributed by atoms with Crippen molar-refractivity contribution in [2.75, 3.05) is 12.4 Å². The molecule has 1 amide bonds. The standard InChI is InChI=1S/C18H13FN4O2/c1-25-18-13(9-21)15(11-4-2-3-5-14(11)19)12(8-20)16(23-18)22-17(24)10-6-7-10/h2-5,10H,6-7H2,1H3,(H,22,23,24). The van der Waals surface area contributed by atoms with E-state index in [1.165, 1.54) is 25.3 Å². The summed E-state index contributed by atoms with van der Waals surface area (Å²) in [5.41, 5.74) is -0.00992. The molecule has 1 aromatic carbocycles. The minimum atomic E-state index is -0.594. The van der Waals surface area contributed by atoms with Crippen LogP contribution in [0.5, 0.6) is 5.88 Å². The molecular formula is C18H13FN4O2. The monoisotopic (exact) mass is 336 g/mol. The number of amides is 1. The van der Waals surface area contributed by atoms with Crippen molar-refractivity contribution in [1.82, 2.24) is 4.98 Å². The Kier molecular flexibility index (Phi) is 4.32. The molecule has 2 aromatic rings. The second-order valence-electron chi connectivity index (χ2n) is 5.56. The minimum Gasteiger partial charge on any atom is -0.480 e. The van der Waals surface area contributed by atoms with Crippen LogP contribution in [-0.2, 0) is 4.79 Å². The van der Waals surface area contributed by atoms with Gasteiger partial charge in [0.15, 0.2) is 5.82 Å². The van der Waals surface area contributed by atoms with E-state index < -0.39 is 5.82 Å². The van der Waals surface area contributed by atoms with Crippen LogP contribution >= 0.6 is 0 Å². The van der Waals surface area contributed by atoms with E-state index in [-0.39, 0.29) is 45.8 Å². The largest absolute Gasteiger partial charge is 0.480 e. The molecule has 1 aliphatic carbocycles. The van der Waals surface area contributed by atoms with Crippen LogP contribution in [0.3, 0.4) is 0 Å². The number of pyridine rings is 1. The number of halogens is 1. The van der Waals surface area contributed by atoms with E-state index in [1.54, 1.807) is 6.07 Å². The maximum atomic E-state index is 14.3. The quantitative estimate of drug-likeness (QED) is 0.925. The lowest BCUT2D eigenvalue weighted by Crippen LogP contribution is -2.17. The zero-order chi connectivity index (χ0) is 18.0. The summed E-state index contributed by atoms with van der Waals surface area (Å²) in [5, 5.41) is 21.7. The lowest BCUT2D eigenvalue weighted by atomic mass is 9.96. The van der Waals surface area contributed by atoms with E-state index in [9.17, 15) is 19.7 Å². The van der Waals surface area contributed by atoms with Crippen molar-refractivity contribution in [3.05, 3.63) is 41.2 Å². The maximum absolute atomic E-state index is 14.3. The molecule has 7 heteroatoms. The van der Waals surface area contributed by atoms with Gasteiger partial charge in [-0.05, 0) is 18.9 Å². The maximum Gasteiger partial charge on any atom is 0.234 e. The van der Waals surface area contributed by atoms with Gasteiger partial charge in [0.2, 0.25) is 11.8 Å². The molecule has 1 aromatic heterocycles. The summed E-state index contributed by atoms with van der Waals surface area (Å²) < 4.78 is 19.4. The van der Waals surface area contributed by atoms with Gasteiger partial charge in [-0.15, -0.1) is 0 Å². The number of nitrogens with one attached hydrogen (secondary N) is 1. The van der Waals surface area contributed by atoms with Crippen molar-refractivity contribution in [2.45, 2.75) is 12.8 Å². The highest BCUT2D eigenvalue weighted by molar-refractivity contribution is 5.96. The van der Waals surface area contributed by atoms with Crippen LogP contribution in [0.1, 0.15) is 24.0 Å². The Morgan fingerprint density at radius 1 is 1.28 bits per heavy atom. The van der Waals surface area contributed by atoms with E-state index in [0.717, 1.165) is 12.8 Å². The third-order valence-corrected chi connectivity index (χ3v) is 3.91. The van der Waals surface area contributed by atoms with Crippen molar-refractivity contribution < 1.29 is 13.9 Å². The Bertz CT molecular complexity index is 939. The molecule has 0 unspecified atom stereocenters. The number of methoxy groups -OCH3 is 1. The van der Waals surface area contributed by atoms with E-state index in [1.807, 2.05) is 12.1 Å².